The number of halogens is 2. The topological polar surface area (TPSA) is 64.0 Å². The summed E-state index contributed by atoms with van der Waals surface area (Å²) in [6, 6.07) is 11.5. The molecule has 3 rings (SSSR count). The van der Waals surface area contributed by atoms with E-state index in [1.165, 1.54) is 13.0 Å². The van der Waals surface area contributed by atoms with Crippen LogP contribution in [-0.2, 0) is 4.79 Å². The molecule has 0 aliphatic heterocycles. The van der Waals surface area contributed by atoms with E-state index < -0.39 is 29.4 Å². The monoisotopic (exact) mass is 383 g/mol. The summed E-state index contributed by atoms with van der Waals surface area (Å²) in [4.78, 5) is 25.2. The zero-order valence-electron chi connectivity index (χ0n) is 15.7. The molecule has 0 fully saturated rings. The van der Waals surface area contributed by atoms with Crippen molar-refractivity contribution in [3.8, 4) is 5.69 Å². The number of aromatic nitrogens is 2. The molecule has 144 valence electrons. The van der Waals surface area contributed by atoms with Crippen LogP contribution in [0.3, 0.4) is 0 Å². The number of para-hydroxylation sites is 1. The van der Waals surface area contributed by atoms with Crippen LogP contribution >= 0.6 is 0 Å². The van der Waals surface area contributed by atoms with Crippen LogP contribution in [0.5, 0.6) is 0 Å². The van der Waals surface area contributed by atoms with Crippen molar-refractivity contribution in [1.82, 2.24) is 15.1 Å². The van der Waals surface area contributed by atoms with E-state index in [1.54, 1.807) is 18.5 Å². The van der Waals surface area contributed by atoms with Crippen LogP contribution in [0.15, 0.2) is 48.5 Å². The number of nitrogens with one attached hydrogen (secondary N) is 1. The van der Waals surface area contributed by atoms with Crippen molar-refractivity contribution in [3.63, 3.8) is 0 Å². The van der Waals surface area contributed by atoms with Gasteiger partial charge in [-0.2, -0.15) is 5.10 Å². The van der Waals surface area contributed by atoms with Gasteiger partial charge in [0.15, 0.2) is 0 Å². The van der Waals surface area contributed by atoms with Crippen molar-refractivity contribution in [3.05, 3.63) is 82.7 Å². The van der Waals surface area contributed by atoms with Gasteiger partial charge < -0.3 is 5.32 Å². The summed E-state index contributed by atoms with van der Waals surface area (Å²) in [6.45, 7) is 4.88. The van der Waals surface area contributed by atoms with Crippen LogP contribution in [0.4, 0.5) is 8.78 Å². The predicted octanol–water partition coefficient (Wildman–Crippen LogP) is 3.83. The smallest absolute Gasteiger partial charge is 0.293 e. The Bertz CT molecular complexity index is 1050. The van der Waals surface area contributed by atoms with Crippen molar-refractivity contribution in [2.45, 2.75) is 26.8 Å². The second-order valence-electron chi connectivity index (χ2n) is 6.48. The Morgan fingerprint density at radius 3 is 2.39 bits per heavy atom. The summed E-state index contributed by atoms with van der Waals surface area (Å²) in [7, 11) is 0. The number of rotatable bonds is 5. The van der Waals surface area contributed by atoms with Gasteiger partial charge in [0, 0.05) is 11.6 Å². The first-order chi connectivity index (χ1) is 13.3. The minimum atomic E-state index is -0.880. The molecule has 1 aromatic heterocycles. The number of ketones is 1. The molecule has 7 heteroatoms. The Morgan fingerprint density at radius 1 is 1.07 bits per heavy atom. The highest BCUT2D eigenvalue weighted by atomic mass is 19.1. The van der Waals surface area contributed by atoms with Crippen LogP contribution in [0, 0.1) is 25.5 Å². The SMILES string of the molecule is Cc1nn(-c2ccccc2)c(C)c1C(=O)C(=O)N[C@H](C)c1ccc(F)cc1F. The molecule has 5 nitrogen and oxygen atoms in total. The molecule has 1 amide bonds. The minimum Gasteiger partial charge on any atom is -0.343 e. The fourth-order valence-corrected chi connectivity index (χ4v) is 3.10. The first-order valence-corrected chi connectivity index (χ1v) is 8.71. The van der Waals surface area contributed by atoms with Crippen molar-refractivity contribution < 1.29 is 18.4 Å². The number of hydrogen-bond acceptors (Lipinski definition) is 3. The molecule has 0 saturated heterocycles. The third-order valence-electron chi connectivity index (χ3n) is 4.50. The number of carbonyl (C=O) groups excluding carboxylic acids is 2. The summed E-state index contributed by atoms with van der Waals surface area (Å²) in [5, 5.41) is 6.83. The van der Waals surface area contributed by atoms with Gasteiger partial charge in [-0.15, -0.1) is 0 Å². The van der Waals surface area contributed by atoms with E-state index in [0.717, 1.165) is 17.8 Å². The zero-order valence-corrected chi connectivity index (χ0v) is 15.7. The number of benzene rings is 2. The number of nitrogens with zero attached hydrogens (tertiary/aromatic N) is 2. The van der Waals surface area contributed by atoms with E-state index in [1.807, 2.05) is 30.3 Å². The van der Waals surface area contributed by atoms with E-state index in [4.69, 9.17) is 0 Å². The number of carbonyl (C=O) groups is 2. The normalized spacial score (nSPS) is 11.9. The van der Waals surface area contributed by atoms with Gasteiger partial charge in [0.2, 0.25) is 0 Å². The summed E-state index contributed by atoms with van der Waals surface area (Å²) in [5.41, 5.74) is 2.01. The number of amides is 1. The number of Topliss-reactive ketones (excluding diaryl/α,β-unsaturated/α-hetero) is 1. The molecule has 0 radical (unpaired) electrons. The first kappa shape index (κ1) is 19.4. The number of hydrogen-bond donors (Lipinski definition) is 1. The van der Waals surface area contributed by atoms with E-state index in [-0.39, 0.29) is 11.1 Å². The lowest BCUT2D eigenvalue weighted by molar-refractivity contribution is -0.117. The van der Waals surface area contributed by atoms with Crippen molar-refractivity contribution in [2.75, 3.05) is 0 Å². The molecule has 3 aromatic rings. The van der Waals surface area contributed by atoms with Gasteiger partial charge in [-0.05, 0) is 39.0 Å². The van der Waals surface area contributed by atoms with E-state index in [2.05, 4.69) is 10.4 Å². The minimum absolute atomic E-state index is 0.0935. The lowest BCUT2D eigenvalue weighted by Gasteiger charge is -2.14. The maximum atomic E-state index is 13.9. The highest BCUT2D eigenvalue weighted by Crippen LogP contribution is 2.20. The van der Waals surface area contributed by atoms with Crippen molar-refractivity contribution >= 4 is 11.7 Å². The Balaban J connectivity index is 1.84. The van der Waals surface area contributed by atoms with Gasteiger partial charge in [0.25, 0.3) is 11.7 Å². The predicted molar refractivity (Wildman–Crippen MR) is 100 cm³/mol. The maximum Gasteiger partial charge on any atom is 0.293 e. The van der Waals surface area contributed by atoms with Gasteiger partial charge >= 0.3 is 0 Å². The van der Waals surface area contributed by atoms with Gasteiger partial charge in [-0.3, -0.25) is 9.59 Å². The summed E-state index contributed by atoms with van der Waals surface area (Å²) in [6.07, 6.45) is 0. The maximum absolute atomic E-state index is 13.9. The lowest BCUT2D eigenvalue weighted by Crippen LogP contribution is -2.34. The highest BCUT2D eigenvalue weighted by molar-refractivity contribution is 6.43. The molecular formula is C21H19F2N3O2. The average molecular weight is 383 g/mol. The van der Waals surface area contributed by atoms with Crippen LogP contribution in [0.25, 0.3) is 5.69 Å². The van der Waals surface area contributed by atoms with Gasteiger partial charge in [-0.25, -0.2) is 13.5 Å². The standard InChI is InChI=1S/C21H19F2N3O2/c1-12(17-10-9-15(22)11-18(17)23)24-21(28)20(27)19-13(2)25-26(14(19)3)16-7-5-4-6-8-16/h4-12H,1-3H3,(H,24,28)/t12-/m1/s1. The van der Waals surface area contributed by atoms with Gasteiger partial charge in [0.1, 0.15) is 11.6 Å². The molecule has 0 saturated carbocycles. The molecule has 1 N–H and O–H groups in total. The zero-order chi connectivity index (χ0) is 20.4. The number of aryl methyl sites for hydroxylation is 1. The quantitative estimate of drug-likeness (QED) is 0.538. The molecule has 0 spiro atoms. The fourth-order valence-electron chi connectivity index (χ4n) is 3.10. The van der Waals surface area contributed by atoms with Gasteiger partial charge in [-0.1, -0.05) is 24.3 Å². The summed E-state index contributed by atoms with van der Waals surface area (Å²) < 4.78 is 28.6. The third-order valence-corrected chi connectivity index (χ3v) is 4.50. The molecule has 1 atom stereocenters. The van der Waals surface area contributed by atoms with Crippen LogP contribution < -0.4 is 5.32 Å². The fraction of sp³-hybridized carbons (Fsp3) is 0.190. The van der Waals surface area contributed by atoms with Crippen LogP contribution in [0.1, 0.15) is 40.3 Å². The molecular weight excluding hydrogens is 364 g/mol. The molecule has 0 bridgehead atoms. The van der Waals surface area contributed by atoms with Crippen molar-refractivity contribution in [1.29, 1.82) is 0 Å². The van der Waals surface area contributed by atoms with E-state index in [0.29, 0.717) is 11.4 Å². The van der Waals surface area contributed by atoms with E-state index >= 15 is 0 Å². The Kier molecular flexibility index (Phi) is 5.35. The molecule has 28 heavy (non-hydrogen) atoms. The third kappa shape index (κ3) is 3.69. The summed E-state index contributed by atoms with van der Waals surface area (Å²) in [5.74, 6) is -3.14. The van der Waals surface area contributed by atoms with Gasteiger partial charge in [0.05, 0.1) is 28.7 Å². The largest absolute Gasteiger partial charge is 0.343 e. The molecule has 2 aromatic carbocycles. The average Bonchev–Trinajstić information content (AvgIpc) is 2.95. The Labute approximate surface area is 161 Å². The Hall–Kier alpha value is -3.35. The molecule has 0 unspecified atom stereocenters. The first-order valence-electron chi connectivity index (χ1n) is 8.71. The highest BCUT2D eigenvalue weighted by Gasteiger charge is 2.26. The van der Waals surface area contributed by atoms with Crippen LogP contribution in [-0.4, -0.2) is 21.5 Å². The lowest BCUT2D eigenvalue weighted by atomic mass is 10.1. The van der Waals surface area contributed by atoms with E-state index in [9.17, 15) is 18.4 Å². The van der Waals surface area contributed by atoms with Crippen LogP contribution in [0.2, 0.25) is 0 Å². The molecule has 0 aliphatic rings. The second-order valence-corrected chi connectivity index (χ2v) is 6.48. The molecule has 1 heterocycles. The summed E-state index contributed by atoms with van der Waals surface area (Å²) >= 11 is 0. The molecule has 0 aliphatic carbocycles. The second kappa shape index (κ2) is 7.72. The van der Waals surface area contributed by atoms with Crippen molar-refractivity contribution in [2.24, 2.45) is 0 Å². The Morgan fingerprint density at radius 2 is 1.75 bits per heavy atom.